The first-order chi connectivity index (χ1) is 10.1. The van der Waals surface area contributed by atoms with E-state index in [1.165, 1.54) is 4.90 Å². The average Bonchev–Trinajstić information content (AvgIpc) is 2.91. The third-order valence-electron chi connectivity index (χ3n) is 3.56. The predicted molar refractivity (Wildman–Crippen MR) is 78.0 cm³/mol. The van der Waals surface area contributed by atoms with Crippen LogP contribution in [0, 0.1) is 0 Å². The molecule has 21 heavy (non-hydrogen) atoms. The van der Waals surface area contributed by atoms with Gasteiger partial charge in [-0.25, -0.2) is 0 Å². The van der Waals surface area contributed by atoms with Crippen LogP contribution in [0.25, 0.3) is 0 Å². The number of furan rings is 1. The van der Waals surface area contributed by atoms with E-state index in [-0.39, 0.29) is 18.2 Å². The maximum atomic E-state index is 12.4. The number of carboxylic acids is 1. The number of rotatable bonds is 2. The molecule has 2 heterocycles. The molecule has 6 heteroatoms. The van der Waals surface area contributed by atoms with Crippen molar-refractivity contribution in [1.29, 1.82) is 0 Å². The fourth-order valence-electron chi connectivity index (χ4n) is 2.56. The minimum absolute atomic E-state index is 0.142. The first-order valence-electron chi connectivity index (χ1n) is 6.41. The molecule has 1 aromatic heterocycles. The van der Waals surface area contributed by atoms with Crippen LogP contribution in [0.4, 0.5) is 0 Å². The highest BCUT2D eigenvalue weighted by molar-refractivity contribution is 9.10. The molecular weight excluding hydrogens is 338 g/mol. The van der Waals surface area contributed by atoms with Crippen LogP contribution in [-0.2, 0) is 11.3 Å². The monoisotopic (exact) mass is 349 g/mol. The molecular formula is C15H12BrNO4. The number of fused-ring (bicyclic) bond motifs is 1. The molecule has 1 unspecified atom stereocenters. The molecule has 1 N–H and O–H groups in total. The first kappa shape index (κ1) is 13.9. The summed E-state index contributed by atoms with van der Waals surface area (Å²) >= 11 is 3.15. The molecule has 0 aliphatic carbocycles. The van der Waals surface area contributed by atoms with Crippen molar-refractivity contribution in [2.45, 2.75) is 12.5 Å². The molecule has 1 amide bonds. The van der Waals surface area contributed by atoms with Crippen molar-refractivity contribution in [3.8, 4) is 0 Å². The Balaban J connectivity index is 1.93. The molecule has 3 rings (SSSR count). The van der Waals surface area contributed by atoms with Gasteiger partial charge >= 0.3 is 5.97 Å². The third kappa shape index (κ3) is 2.58. The van der Waals surface area contributed by atoms with Crippen LogP contribution in [0.15, 0.2) is 45.5 Å². The van der Waals surface area contributed by atoms with Gasteiger partial charge in [-0.05, 0) is 39.2 Å². The lowest BCUT2D eigenvalue weighted by molar-refractivity contribution is -0.139. The van der Waals surface area contributed by atoms with Crippen molar-refractivity contribution < 1.29 is 19.1 Å². The lowest BCUT2D eigenvalue weighted by Crippen LogP contribution is -2.40. The van der Waals surface area contributed by atoms with Crippen LogP contribution in [0.1, 0.15) is 27.6 Å². The fourth-order valence-corrected chi connectivity index (χ4v) is 2.86. The zero-order valence-electron chi connectivity index (χ0n) is 11.0. The van der Waals surface area contributed by atoms with Crippen LogP contribution in [0.5, 0.6) is 0 Å². The van der Waals surface area contributed by atoms with E-state index in [1.807, 2.05) is 18.2 Å². The van der Waals surface area contributed by atoms with Gasteiger partial charge in [-0.3, -0.25) is 9.59 Å². The quantitative estimate of drug-likeness (QED) is 0.904. The molecule has 0 fully saturated rings. The van der Waals surface area contributed by atoms with Gasteiger partial charge in [0.25, 0.3) is 5.91 Å². The maximum Gasteiger partial charge on any atom is 0.312 e. The standard InChI is InChI=1S/C15H12BrNO4/c16-13-6-5-12(21-13)14(18)17-7-9-3-1-2-4-10(9)11(8-17)15(19)20/h1-6,11H,7-8H2,(H,19,20). The summed E-state index contributed by atoms with van der Waals surface area (Å²) in [5.74, 6) is -1.75. The zero-order chi connectivity index (χ0) is 15.0. The molecule has 1 aliphatic heterocycles. The van der Waals surface area contributed by atoms with Crippen molar-refractivity contribution >= 4 is 27.8 Å². The zero-order valence-corrected chi connectivity index (χ0v) is 12.5. The van der Waals surface area contributed by atoms with E-state index in [0.717, 1.165) is 11.1 Å². The number of nitrogens with zero attached hydrogens (tertiary/aromatic N) is 1. The summed E-state index contributed by atoms with van der Waals surface area (Å²) in [5, 5.41) is 9.39. The van der Waals surface area contributed by atoms with Gasteiger partial charge < -0.3 is 14.4 Å². The van der Waals surface area contributed by atoms with Crippen LogP contribution in [0.3, 0.4) is 0 Å². The van der Waals surface area contributed by atoms with Crippen LogP contribution in [0.2, 0.25) is 0 Å². The van der Waals surface area contributed by atoms with Crippen LogP contribution in [-0.4, -0.2) is 28.4 Å². The minimum Gasteiger partial charge on any atom is -0.481 e. The number of halogens is 1. The molecule has 0 bridgehead atoms. The Hall–Kier alpha value is -2.08. The second-order valence-corrected chi connectivity index (χ2v) is 5.66. The van der Waals surface area contributed by atoms with Crippen molar-refractivity contribution in [1.82, 2.24) is 4.90 Å². The summed E-state index contributed by atoms with van der Waals surface area (Å²) in [5.41, 5.74) is 1.63. The topological polar surface area (TPSA) is 70.8 Å². The first-order valence-corrected chi connectivity index (χ1v) is 7.21. The second kappa shape index (κ2) is 5.37. The molecule has 1 aliphatic rings. The Morgan fingerprint density at radius 1 is 1.24 bits per heavy atom. The highest BCUT2D eigenvalue weighted by atomic mass is 79.9. The lowest BCUT2D eigenvalue weighted by Gasteiger charge is -2.32. The molecule has 0 spiro atoms. The molecule has 2 aromatic rings. The Morgan fingerprint density at radius 2 is 2.00 bits per heavy atom. The summed E-state index contributed by atoms with van der Waals surface area (Å²) in [4.78, 5) is 25.4. The second-order valence-electron chi connectivity index (χ2n) is 4.88. The summed E-state index contributed by atoms with van der Waals surface area (Å²) in [6.45, 7) is 0.528. The van der Waals surface area contributed by atoms with Crippen molar-refractivity contribution in [3.63, 3.8) is 0 Å². The normalized spacial score (nSPS) is 17.4. The Morgan fingerprint density at radius 3 is 2.67 bits per heavy atom. The van der Waals surface area contributed by atoms with Gasteiger partial charge in [-0.1, -0.05) is 24.3 Å². The van der Waals surface area contributed by atoms with E-state index in [2.05, 4.69) is 15.9 Å². The Labute approximate surface area is 129 Å². The number of hydrogen-bond acceptors (Lipinski definition) is 3. The van der Waals surface area contributed by atoms with E-state index >= 15 is 0 Å². The molecule has 1 aromatic carbocycles. The van der Waals surface area contributed by atoms with Gasteiger partial charge in [0.15, 0.2) is 10.4 Å². The number of aliphatic carboxylic acids is 1. The van der Waals surface area contributed by atoms with Gasteiger partial charge in [0, 0.05) is 13.1 Å². The average molecular weight is 350 g/mol. The Bertz CT molecular complexity index is 709. The number of amides is 1. The number of carboxylic acid groups (broad SMARTS) is 1. The van der Waals surface area contributed by atoms with Crippen molar-refractivity contribution in [2.24, 2.45) is 0 Å². The minimum atomic E-state index is -0.930. The molecule has 5 nitrogen and oxygen atoms in total. The van der Waals surface area contributed by atoms with Crippen molar-refractivity contribution in [3.05, 3.63) is 58.0 Å². The number of carbonyl (C=O) groups excluding carboxylic acids is 1. The van der Waals surface area contributed by atoms with Gasteiger partial charge in [0.05, 0.1) is 5.92 Å². The van der Waals surface area contributed by atoms with E-state index in [4.69, 9.17) is 4.42 Å². The van der Waals surface area contributed by atoms with Gasteiger partial charge in [-0.15, -0.1) is 0 Å². The highest BCUT2D eigenvalue weighted by Crippen LogP contribution is 2.29. The predicted octanol–water partition coefficient (Wildman–Crippen LogP) is 2.87. The van der Waals surface area contributed by atoms with Crippen LogP contribution < -0.4 is 0 Å². The van der Waals surface area contributed by atoms with E-state index in [1.54, 1.807) is 18.2 Å². The molecule has 0 saturated heterocycles. The summed E-state index contributed by atoms with van der Waals surface area (Å²) in [6, 6.07) is 10.5. The van der Waals surface area contributed by atoms with E-state index < -0.39 is 11.9 Å². The van der Waals surface area contributed by atoms with E-state index in [9.17, 15) is 14.7 Å². The smallest absolute Gasteiger partial charge is 0.312 e. The van der Waals surface area contributed by atoms with Crippen molar-refractivity contribution in [2.75, 3.05) is 6.54 Å². The third-order valence-corrected chi connectivity index (χ3v) is 3.99. The van der Waals surface area contributed by atoms with E-state index in [0.29, 0.717) is 11.2 Å². The molecule has 108 valence electrons. The largest absolute Gasteiger partial charge is 0.481 e. The molecule has 0 saturated carbocycles. The SMILES string of the molecule is O=C(O)C1CN(C(=O)c2ccc(Br)o2)Cc2ccccc21. The number of hydrogen-bond donors (Lipinski definition) is 1. The summed E-state index contributed by atoms with van der Waals surface area (Å²) < 4.78 is 5.73. The van der Waals surface area contributed by atoms with Crippen LogP contribution >= 0.6 is 15.9 Å². The molecule has 1 atom stereocenters. The fraction of sp³-hybridized carbons (Fsp3) is 0.200. The van der Waals surface area contributed by atoms with Gasteiger partial charge in [0.2, 0.25) is 0 Å². The number of benzene rings is 1. The number of carbonyl (C=O) groups is 2. The Kier molecular flexibility index (Phi) is 3.55. The lowest BCUT2D eigenvalue weighted by atomic mass is 9.89. The highest BCUT2D eigenvalue weighted by Gasteiger charge is 2.33. The molecule has 0 radical (unpaired) electrons. The van der Waals surface area contributed by atoms with Gasteiger partial charge in [0.1, 0.15) is 0 Å². The summed E-state index contributed by atoms with van der Waals surface area (Å²) in [7, 11) is 0. The summed E-state index contributed by atoms with van der Waals surface area (Å²) in [6.07, 6.45) is 0. The maximum absolute atomic E-state index is 12.4. The van der Waals surface area contributed by atoms with Gasteiger partial charge in [-0.2, -0.15) is 0 Å².